The lowest BCUT2D eigenvalue weighted by Gasteiger charge is -1.95. The molecular formula is C11H15BrClFO. The lowest BCUT2D eigenvalue weighted by molar-refractivity contribution is 0.107. The summed E-state index contributed by atoms with van der Waals surface area (Å²) < 4.78 is 13.3. The molecule has 0 aliphatic carbocycles. The van der Waals surface area contributed by atoms with E-state index in [9.17, 15) is 9.18 Å². The topological polar surface area (TPSA) is 17.1 Å². The molecule has 0 atom stereocenters. The monoisotopic (exact) mass is 296 g/mol. The molecule has 0 saturated carbocycles. The summed E-state index contributed by atoms with van der Waals surface area (Å²) in [7, 11) is 0. The number of hydrogen-bond acceptors (Lipinski definition) is 1. The Hall–Kier alpha value is -0.410. The second-order valence-corrected chi connectivity index (χ2v) is 3.16. The van der Waals surface area contributed by atoms with E-state index in [2.05, 4.69) is 15.9 Å². The molecule has 0 radical (unpaired) electrons. The molecule has 0 amide bonds. The highest BCUT2D eigenvalue weighted by Crippen LogP contribution is 2.16. The van der Waals surface area contributed by atoms with E-state index in [4.69, 9.17) is 11.6 Å². The molecule has 4 heteroatoms. The Morgan fingerprint density at radius 2 is 1.73 bits per heavy atom. The highest BCUT2D eigenvalue weighted by atomic mass is 79.9. The maximum atomic E-state index is 12.8. The average molecular weight is 298 g/mol. The number of carbonyl (C=O) groups excluding carboxylic acids is 1. The first kappa shape index (κ1) is 17.0. The molecule has 0 fully saturated rings. The fraction of sp³-hybridized carbons (Fsp3) is 0.364. The van der Waals surface area contributed by atoms with Crippen molar-refractivity contribution in [2.45, 2.75) is 27.7 Å². The quantitative estimate of drug-likeness (QED) is 0.665. The van der Waals surface area contributed by atoms with Crippen LogP contribution in [0.5, 0.6) is 0 Å². The third-order valence-electron chi connectivity index (χ3n) is 1.14. The Morgan fingerprint density at radius 1 is 1.27 bits per heavy atom. The minimum Gasteiger partial charge on any atom is -0.275 e. The number of halogens is 3. The van der Waals surface area contributed by atoms with Crippen LogP contribution in [0.1, 0.15) is 38.1 Å². The van der Waals surface area contributed by atoms with Crippen LogP contribution in [0.2, 0.25) is 0 Å². The SMILES string of the molecule is CC.CC.O=C(Cl)c1ccc(Br)cc1F. The molecule has 0 spiro atoms. The molecule has 86 valence electrons. The average Bonchev–Trinajstić information content (AvgIpc) is 2.23. The van der Waals surface area contributed by atoms with Gasteiger partial charge in [0.15, 0.2) is 0 Å². The van der Waals surface area contributed by atoms with E-state index in [1.54, 1.807) is 6.07 Å². The summed E-state index contributed by atoms with van der Waals surface area (Å²) in [6.45, 7) is 8.00. The third-order valence-corrected chi connectivity index (χ3v) is 1.84. The summed E-state index contributed by atoms with van der Waals surface area (Å²) in [5, 5.41) is -0.782. The number of hydrogen-bond donors (Lipinski definition) is 0. The van der Waals surface area contributed by atoms with E-state index < -0.39 is 11.1 Å². The van der Waals surface area contributed by atoms with Crippen molar-refractivity contribution in [2.75, 3.05) is 0 Å². The molecule has 0 heterocycles. The van der Waals surface area contributed by atoms with Crippen molar-refractivity contribution in [1.29, 1.82) is 0 Å². The van der Waals surface area contributed by atoms with Crippen molar-refractivity contribution in [1.82, 2.24) is 0 Å². The van der Waals surface area contributed by atoms with Crippen LogP contribution in [0.3, 0.4) is 0 Å². The van der Waals surface area contributed by atoms with Gasteiger partial charge in [-0.3, -0.25) is 4.79 Å². The maximum Gasteiger partial charge on any atom is 0.255 e. The molecule has 0 N–H and O–H groups in total. The summed E-state index contributed by atoms with van der Waals surface area (Å²) in [6, 6.07) is 4.07. The fourth-order valence-electron chi connectivity index (χ4n) is 0.649. The molecule has 0 unspecified atom stereocenters. The summed E-state index contributed by atoms with van der Waals surface area (Å²) in [5.41, 5.74) is -0.102. The molecule has 0 aliphatic heterocycles. The van der Waals surface area contributed by atoms with Crippen LogP contribution in [-0.4, -0.2) is 5.24 Å². The molecule has 1 aromatic rings. The largest absolute Gasteiger partial charge is 0.275 e. The second-order valence-electron chi connectivity index (χ2n) is 1.90. The lowest BCUT2D eigenvalue weighted by Crippen LogP contribution is -1.92. The summed E-state index contributed by atoms with van der Waals surface area (Å²) in [5.74, 6) is -0.612. The molecule has 0 saturated heterocycles. The van der Waals surface area contributed by atoms with Crippen molar-refractivity contribution < 1.29 is 9.18 Å². The van der Waals surface area contributed by atoms with E-state index in [-0.39, 0.29) is 5.56 Å². The maximum absolute atomic E-state index is 12.8. The third kappa shape index (κ3) is 6.63. The highest BCUT2D eigenvalue weighted by molar-refractivity contribution is 9.10. The normalized spacial score (nSPS) is 7.93. The summed E-state index contributed by atoms with van der Waals surface area (Å²) in [4.78, 5) is 10.5. The van der Waals surface area contributed by atoms with Gasteiger partial charge < -0.3 is 0 Å². The minimum atomic E-state index is -0.782. The number of carbonyl (C=O) groups is 1. The molecule has 1 nitrogen and oxygen atoms in total. The first-order valence-electron chi connectivity index (χ1n) is 4.76. The second kappa shape index (κ2) is 10.1. The predicted octanol–water partition coefficient (Wildman–Crippen LogP) is 5.02. The van der Waals surface area contributed by atoms with Gasteiger partial charge in [0.2, 0.25) is 0 Å². The highest BCUT2D eigenvalue weighted by Gasteiger charge is 2.07. The van der Waals surface area contributed by atoms with Gasteiger partial charge in [0.1, 0.15) is 5.82 Å². The van der Waals surface area contributed by atoms with Gasteiger partial charge >= 0.3 is 0 Å². The molecular weight excluding hydrogens is 282 g/mol. The zero-order chi connectivity index (χ0) is 12.4. The van der Waals surface area contributed by atoms with Gasteiger partial charge in [-0.05, 0) is 29.8 Å². The first-order valence-corrected chi connectivity index (χ1v) is 5.93. The Balaban J connectivity index is 0. The van der Waals surface area contributed by atoms with Crippen LogP contribution < -0.4 is 0 Å². The van der Waals surface area contributed by atoms with E-state index in [0.717, 1.165) is 0 Å². The Morgan fingerprint density at radius 3 is 2.07 bits per heavy atom. The Bertz CT molecular complexity index is 303. The van der Waals surface area contributed by atoms with Crippen molar-refractivity contribution in [2.24, 2.45) is 0 Å². The summed E-state index contributed by atoms with van der Waals surface area (Å²) >= 11 is 8.12. The van der Waals surface area contributed by atoms with Gasteiger partial charge in [0, 0.05) is 4.47 Å². The smallest absolute Gasteiger partial charge is 0.255 e. The number of benzene rings is 1. The predicted molar refractivity (Wildman–Crippen MR) is 67.0 cm³/mol. The Kier molecular flexibility index (Phi) is 11.5. The van der Waals surface area contributed by atoms with Gasteiger partial charge in [0.05, 0.1) is 5.56 Å². The van der Waals surface area contributed by atoms with Crippen LogP contribution in [0, 0.1) is 5.82 Å². The van der Waals surface area contributed by atoms with Crippen LogP contribution in [0.25, 0.3) is 0 Å². The molecule has 15 heavy (non-hydrogen) atoms. The standard InChI is InChI=1S/C7H3BrClFO.2C2H6/c8-4-1-2-5(7(9)11)6(10)3-4;2*1-2/h1-3H;2*1-2H3. The van der Waals surface area contributed by atoms with Crippen LogP contribution in [-0.2, 0) is 0 Å². The van der Waals surface area contributed by atoms with Crippen molar-refractivity contribution in [3.8, 4) is 0 Å². The first-order chi connectivity index (χ1) is 7.11. The molecule has 0 aromatic heterocycles. The Labute approximate surface area is 104 Å². The van der Waals surface area contributed by atoms with Crippen molar-refractivity contribution in [3.05, 3.63) is 34.1 Å². The van der Waals surface area contributed by atoms with Gasteiger partial charge in [-0.25, -0.2) is 4.39 Å². The number of rotatable bonds is 1. The fourth-order valence-corrected chi connectivity index (χ4v) is 1.14. The molecule has 1 rings (SSSR count). The van der Waals surface area contributed by atoms with Gasteiger partial charge in [0.25, 0.3) is 5.24 Å². The van der Waals surface area contributed by atoms with Gasteiger partial charge in [-0.2, -0.15) is 0 Å². The molecule has 1 aromatic carbocycles. The van der Waals surface area contributed by atoms with Crippen molar-refractivity contribution in [3.63, 3.8) is 0 Å². The lowest BCUT2D eigenvalue weighted by atomic mass is 10.2. The molecule has 0 bridgehead atoms. The van der Waals surface area contributed by atoms with E-state index >= 15 is 0 Å². The zero-order valence-corrected chi connectivity index (χ0v) is 11.6. The zero-order valence-electron chi connectivity index (χ0n) is 9.27. The van der Waals surface area contributed by atoms with E-state index in [1.165, 1.54) is 12.1 Å². The van der Waals surface area contributed by atoms with Crippen LogP contribution >= 0.6 is 27.5 Å². The van der Waals surface area contributed by atoms with Gasteiger partial charge in [-0.1, -0.05) is 43.6 Å². The van der Waals surface area contributed by atoms with Crippen molar-refractivity contribution >= 4 is 32.8 Å². The molecule has 0 aliphatic rings. The van der Waals surface area contributed by atoms with E-state index in [1.807, 2.05) is 27.7 Å². The van der Waals surface area contributed by atoms with E-state index in [0.29, 0.717) is 4.47 Å². The van der Waals surface area contributed by atoms with Gasteiger partial charge in [-0.15, -0.1) is 0 Å². The van der Waals surface area contributed by atoms with Crippen LogP contribution in [0.15, 0.2) is 22.7 Å². The van der Waals surface area contributed by atoms with Crippen LogP contribution in [0.4, 0.5) is 4.39 Å². The summed E-state index contributed by atoms with van der Waals surface area (Å²) in [6.07, 6.45) is 0. The minimum absolute atomic E-state index is 0.102.